The SMILES string of the molecule is CCOc1ccc(NC(=O)CSc2nc3c(cnn3-c3ccc(OC)cc3)c(=O)[nH]2)cc1. The van der Waals surface area contributed by atoms with Crippen LogP contribution in [0.3, 0.4) is 0 Å². The predicted octanol–water partition coefficient (Wildman–Crippen LogP) is 3.25. The van der Waals surface area contributed by atoms with Crippen molar-refractivity contribution in [3.8, 4) is 17.2 Å². The molecule has 0 saturated carbocycles. The number of nitrogens with zero attached hydrogens (tertiary/aromatic N) is 3. The van der Waals surface area contributed by atoms with E-state index in [4.69, 9.17) is 9.47 Å². The number of carbonyl (C=O) groups is 1. The molecular formula is C22H21N5O4S. The third-order valence-electron chi connectivity index (χ3n) is 4.52. The Hall–Kier alpha value is -3.79. The Morgan fingerprint density at radius 3 is 2.53 bits per heavy atom. The number of aromatic amines is 1. The molecule has 2 N–H and O–H groups in total. The van der Waals surface area contributed by atoms with Gasteiger partial charge in [-0.25, -0.2) is 9.67 Å². The molecule has 164 valence electrons. The number of methoxy groups -OCH3 is 1. The average molecular weight is 452 g/mol. The molecule has 10 heteroatoms. The number of rotatable bonds is 8. The first-order valence-electron chi connectivity index (χ1n) is 9.85. The summed E-state index contributed by atoms with van der Waals surface area (Å²) in [6, 6.07) is 14.4. The van der Waals surface area contributed by atoms with Crippen molar-refractivity contribution in [2.75, 3.05) is 24.8 Å². The van der Waals surface area contributed by atoms with Crippen LogP contribution >= 0.6 is 11.8 Å². The van der Waals surface area contributed by atoms with Crippen LogP contribution in [0.5, 0.6) is 11.5 Å². The average Bonchev–Trinajstić information content (AvgIpc) is 3.24. The third-order valence-corrected chi connectivity index (χ3v) is 5.40. The molecule has 2 aromatic carbocycles. The summed E-state index contributed by atoms with van der Waals surface area (Å²) in [6.07, 6.45) is 1.47. The number of H-pyrrole nitrogens is 1. The van der Waals surface area contributed by atoms with Crippen molar-refractivity contribution in [1.29, 1.82) is 0 Å². The van der Waals surface area contributed by atoms with E-state index >= 15 is 0 Å². The molecule has 2 heterocycles. The Bertz CT molecular complexity index is 1280. The second-order valence-corrected chi connectivity index (χ2v) is 7.62. The van der Waals surface area contributed by atoms with E-state index in [9.17, 15) is 9.59 Å². The van der Waals surface area contributed by atoms with Gasteiger partial charge in [0, 0.05) is 5.69 Å². The van der Waals surface area contributed by atoms with Gasteiger partial charge in [-0.1, -0.05) is 11.8 Å². The van der Waals surface area contributed by atoms with E-state index in [-0.39, 0.29) is 17.2 Å². The van der Waals surface area contributed by atoms with Crippen molar-refractivity contribution in [3.63, 3.8) is 0 Å². The van der Waals surface area contributed by atoms with Gasteiger partial charge in [0.05, 0.1) is 31.4 Å². The minimum Gasteiger partial charge on any atom is -0.497 e. The summed E-state index contributed by atoms with van der Waals surface area (Å²) in [5.41, 5.74) is 1.49. The topological polar surface area (TPSA) is 111 Å². The summed E-state index contributed by atoms with van der Waals surface area (Å²) < 4.78 is 12.1. The number of benzene rings is 2. The minimum atomic E-state index is -0.316. The monoisotopic (exact) mass is 451 g/mol. The van der Waals surface area contributed by atoms with Crippen LogP contribution in [0.2, 0.25) is 0 Å². The Kier molecular flexibility index (Phi) is 6.41. The fourth-order valence-electron chi connectivity index (χ4n) is 3.01. The van der Waals surface area contributed by atoms with Gasteiger partial charge in [-0.15, -0.1) is 0 Å². The van der Waals surface area contributed by atoms with Crippen LogP contribution in [0.25, 0.3) is 16.7 Å². The number of amides is 1. The number of hydrogen-bond acceptors (Lipinski definition) is 7. The van der Waals surface area contributed by atoms with E-state index in [0.29, 0.717) is 34.2 Å². The number of thioether (sulfide) groups is 1. The van der Waals surface area contributed by atoms with Crippen molar-refractivity contribution >= 4 is 34.4 Å². The number of hydrogen-bond donors (Lipinski definition) is 2. The van der Waals surface area contributed by atoms with E-state index in [1.807, 2.05) is 19.1 Å². The number of ether oxygens (including phenoxy) is 2. The van der Waals surface area contributed by atoms with Crippen LogP contribution in [-0.2, 0) is 4.79 Å². The molecule has 9 nitrogen and oxygen atoms in total. The summed E-state index contributed by atoms with van der Waals surface area (Å²) in [7, 11) is 1.59. The van der Waals surface area contributed by atoms with E-state index in [0.717, 1.165) is 23.2 Å². The van der Waals surface area contributed by atoms with Crippen LogP contribution in [0.1, 0.15) is 6.92 Å². The Morgan fingerprint density at radius 2 is 1.84 bits per heavy atom. The zero-order valence-corrected chi connectivity index (χ0v) is 18.3. The zero-order valence-electron chi connectivity index (χ0n) is 17.5. The Balaban J connectivity index is 1.48. The number of aromatic nitrogens is 4. The van der Waals surface area contributed by atoms with Gasteiger partial charge in [-0.3, -0.25) is 9.59 Å². The molecule has 0 aliphatic carbocycles. The standard InChI is InChI=1S/C22H21N5O4S/c1-3-31-17-8-4-14(5-9-17)24-19(28)13-32-22-25-20-18(21(29)26-22)12-23-27(20)15-6-10-16(30-2)11-7-15/h4-12H,3,13H2,1-2H3,(H,24,28)(H,25,26,29). The lowest BCUT2D eigenvalue weighted by Gasteiger charge is -2.07. The smallest absolute Gasteiger partial charge is 0.262 e. The molecule has 0 unspecified atom stereocenters. The number of anilines is 1. The molecule has 0 aliphatic rings. The molecule has 4 aromatic rings. The molecule has 0 saturated heterocycles. The zero-order chi connectivity index (χ0) is 22.5. The second kappa shape index (κ2) is 9.56. The normalized spacial score (nSPS) is 10.8. The molecule has 1 amide bonds. The number of nitrogens with one attached hydrogen (secondary N) is 2. The molecule has 32 heavy (non-hydrogen) atoms. The lowest BCUT2D eigenvalue weighted by atomic mass is 10.3. The van der Waals surface area contributed by atoms with E-state index in [1.54, 1.807) is 48.2 Å². The van der Waals surface area contributed by atoms with Crippen molar-refractivity contribution < 1.29 is 14.3 Å². The lowest BCUT2D eigenvalue weighted by molar-refractivity contribution is -0.113. The maximum atomic E-state index is 12.5. The van der Waals surface area contributed by atoms with Crippen LogP contribution in [0.4, 0.5) is 5.69 Å². The van der Waals surface area contributed by atoms with Gasteiger partial charge in [0.2, 0.25) is 5.91 Å². The van der Waals surface area contributed by atoms with Crippen molar-refractivity contribution in [2.45, 2.75) is 12.1 Å². The molecular weight excluding hydrogens is 430 g/mol. The number of fused-ring (bicyclic) bond motifs is 1. The van der Waals surface area contributed by atoms with E-state index in [2.05, 4.69) is 20.4 Å². The largest absolute Gasteiger partial charge is 0.497 e. The molecule has 0 radical (unpaired) electrons. The van der Waals surface area contributed by atoms with Crippen molar-refractivity contribution in [1.82, 2.24) is 19.7 Å². The van der Waals surface area contributed by atoms with Gasteiger partial charge < -0.3 is 19.8 Å². The first-order chi connectivity index (χ1) is 15.6. The second-order valence-electron chi connectivity index (χ2n) is 6.66. The van der Waals surface area contributed by atoms with Gasteiger partial charge >= 0.3 is 0 Å². The summed E-state index contributed by atoms with van der Waals surface area (Å²) in [4.78, 5) is 32.0. The maximum absolute atomic E-state index is 12.5. The molecule has 0 aliphatic heterocycles. The first-order valence-corrected chi connectivity index (χ1v) is 10.8. The first kappa shape index (κ1) is 21.4. The molecule has 2 aromatic heterocycles. The van der Waals surface area contributed by atoms with Crippen molar-refractivity contribution in [2.24, 2.45) is 0 Å². The predicted molar refractivity (Wildman–Crippen MR) is 123 cm³/mol. The van der Waals surface area contributed by atoms with Crippen molar-refractivity contribution in [3.05, 3.63) is 65.1 Å². The third kappa shape index (κ3) is 4.75. The van der Waals surface area contributed by atoms with Gasteiger partial charge in [0.1, 0.15) is 16.9 Å². The van der Waals surface area contributed by atoms with Gasteiger partial charge in [0.15, 0.2) is 10.8 Å². The number of carbonyl (C=O) groups excluding carboxylic acids is 1. The molecule has 4 rings (SSSR count). The summed E-state index contributed by atoms with van der Waals surface area (Å²) in [6.45, 7) is 2.49. The molecule has 0 bridgehead atoms. The molecule has 0 spiro atoms. The van der Waals surface area contributed by atoms with Gasteiger partial charge in [-0.2, -0.15) is 5.10 Å². The summed E-state index contributed by atoms with van der Waals surface area (Å²) in [5, 5.41) is 7.80. The molecule has 0 atom stereocenters. The Labute approximate surface area is 187 Å². The van der Waals surface area contributed by atoms with Crippen LogP contribution in [-0.4, -0.2) is 45.1 Å². The highest BCUT2D eigenvalue weighted by Gasteiger charge is 2.13. The highest BCUT2D eigenvalue weighted by molar-refractivity contribution is 7.99. The van der Waals surface area contributed by atoms with E-state index in [1.165, 1.54) is 6.20 Å². The fourth-order valence-corrected chi connectivity index (χ4v) is 3.67. The van der Waals surface area contributed by atoms with Gasteiger partial charge in [-0.05, 0) is 55.5 Å². The van der Waals surface area contributed by atoms with Crippen LogP contribution in [0.15, 0.2) is 64.7 Å². The van der Waals surface area contributed by atoms with Gasteiger partial charge in [0.25, 0.3) is 5.56 Å². The molecule has 0 fully saturated rings. The highest BCUT2D eigenvalue weighted by atomic mass is 32.2. The fraction of sp³-hybridized carbons (Fsp3) is 0.182. The minimum absolute atomic E-state index is 0.0817. The maximum Gasteiger partial charge on any atom is 0.262 e. The Morgan fingerprint density at radius 1 is 1.12 bits per heavy atom. The quantitative estimate of drug-likeness (QED) is 0.312. The lowest BCUT2D eigenvalue weighted by Crippen LogP contribution is -2.15. The summed E-state index contributed by atoms with van der Waals surface area (Å²) >= 11 is 1.14. The summed E-state index contributed by atoms with van der Waals surface area (Å²) in [5.74, 6) is 1.32. The van der Waals surface area contributed by atoms with Crippen LogP contribution < -0.4 is 20.3 Å². The highest BCUT2D eigenvalue weighted by Crippen LogP contribution is 2.20. The van der Waals surface area contributed by atoms with Crippen LogP contribution in [0, 0.1) is 0 Å². The van der Waals surface area contributed by atoms with E-state index < -0.39 is 0 Å².